The molecule has 0 unspecified atom stereocenters. The monoisotopic (exact) mass is 422 g/mol. The normalized spacial score (nSPS) is 14.5. The summed E-state index contributed by atoms with van der Waals surface area (Å²) >= 11 is 2.37. The van der Waals surface area contributed by atoms with Crippen molar-refractivity contribution in [2.24, 2.45) is 0 Å². The minimum atomic E-state index is -5.13. The van der Waals surface area contributed by atoms with Gasteiger partial charge in [-0.3, -0.25) is 18.4 Å². The fraction of sp³-hybridized carbons (Fsp3) is 0.667. The van der Waals surface area contributed by atoms with Crippen molar-refractivity contribution >= 4 is 29.5 Å². The van der Waals surface area contributed by atoms with Crippen LogP contribution in [0.5, 0.6) is 0 Å². The molecule has 0 spiro atoms. The predicted molar refractivity (Wildman–Crippen MR) is 65.5 cm³/mol. The van der Waals surface area contributed by atoms with Gasteiger partial charge in [0, 0.05) is 0 Å². The first-order chi connectivity index (χ1) is 9.81. The first kappa shape index (κ1) is 21.4. The molecule has 0 rings (SSSR count). The molecular weight excluding hydrogens is 413 g/mol. The number of hydrogen-bond donors (Lipinski definition) is 0. The highest BCUT2D eigenvalue weighted by atomic mass is 79.9. The molecule has 5 nitrogen and oxygen atoms in total. The molecule has 22 heavy (non-hydrogen) atoms. The first-order valence-electron chi connectivity index (χ1n) is 5.24. The lowest BCUT2D eigenvalue weighted by Gasteiger charge is -2.23. The van der Waals surface area contributed by atoms with Crippen LogP contribution in [-0.2, 0) is 23.1 Å². The van der Waals surface area contributed by atoms with Crippen LogP contribution in [0, 0.1) is 0 Å². The molecule has 130 valence electrons. The van der Waals surface area contributed by atoms with E-state index in [1.54, 1.807) is 0 Å². The fourth-order valence-corrected chi connectivity index (χ4v) is 3.00. The van der Waals surface area contributed by atoms with Gasteiger partial charge in [-0.1, -0.05) is 28.6 Å². The lowest BCUT2D eigenvalue weighted by Crippen LogP contribution is -2.26. The summed E-state index contributed by atoms with van der Waals surface area (Å²) < 4.78 is 94.3. The average molecular weight is 423 g/mol. The first-order valence-corrected chi connectivity index (χ1v) is 7.77. The minimum Gasteiger partial charge on any atom is -0.460 e. The molecule has 0 aliphatic heterocycles. The van der Waals surface area contributed by atoms with E-state index < -0.39 is 50.3 Å². The van der Waals surface area contributed by atoms with Crippen molar-refractivity contribution < 1.29 is 49.5 Å². The summed E-state index contributed by atoms with van der Waals surface area (Å²) in [5.41, 5.74) is 0. The molecule has 0 radical (unpaired) electrons. The Hall–Kier alpha value is -0.580. The maximum Gasteiger partial charge on any atom is 0.412 e. The summed E-state index contributed by atoms with van der Waals surface area (Å²) in [4.78, 5) is 11.4. The van der Waals surface area contributed by atoms with Gasteiger partial charge in [-0.15, -0.1) is 0 Å². The molecule has 0 saturated carbocycles. The van der Waals surface area contributed by atoms with Gasteiger partial charge in [-0.05, 0) is 0 Å². The van der Waals surface area contributed by atoms with Crippen molar-refractivity contribution in [3.63, 3.8) is 0 Å². The van der Waals surface area contributed by atoms with Crippen molar-refractivity contribution in [3.05, 3.63) is 12.7 Å². The van der Waals surface area contributed by atoms with E-state index in [-0.39, 0.29) is 0 Å². The Balaban J connectivity index is 5.08. The third-order valence-corrected chi connectivity index (χ3v) is 5.25. The molecule has 0 aromatic rings. The molecule has 0 bridgehead atoms. The van der Waals surface area contributed by atoms with Gasteiger partial charge >= 0.3 is 25.9 Å². The van der Waals surface area contributed by atoms with Crippen LogP contribution in [0.15, 0.2) is 12.7 Å². The molecule has 0 saturated heterocycles. The maximum absolute atomic E-state index is 12.1. The number of carbonyl (C=O) groups excluding carboxylic acids is 1. The Morgan fingerprint density at radius 1 is 1.14 bits per heavy atom. The van der Waals surface area contributed by atoms with Gasteiger partial charge < -0.3 is 4.74 Å². The van der Waals surface area contributed by atoms with Gasteiger partial charge in [0.05, 0.1) is 0 Å². The van der Waals surface area contributed by atoms with Gasteiger partial charge in [-0.25, -0.2) is 0 Å². The van der Waals surface area contributed by atoms with E-state index in [1.807, 2.05) is 0 Å². The van der Waals surface area contributed by atoms with Crippen LogP contribution in [0.3, 0.4) is 0 Å². The molecule has 0 aliphatic rings. The van der Waals surface area contributed by atoms with E-state index in [0.717, 1.165) is 6.08 Å². The largest absolute Gasteiger partial charge is 0.460 e. The lowest BCUT2D eigenvalue weighted by atomic mass is 10.7. The van der Waals surface area contributed by atoms with E-state index in [1.165, 1.54) is 0 Å². The number of rotatable bonds is 8. The molecule has 13 heteroatoms. The lowest BCUT2D eigenvalue weighted by molar-refractivity contribution is -0.166. The van der Waals surface area contributed by atoms with E-state index in [2.05, 4.69) is 36.3 Å². The number of ether oxygens (including phenoxy) is 1. The highest BCUT2D eigenvalue weighted by Crippen LogP contribution is 2.57. The second kappa shape index (κ2) is 8.32. The van der Waals surface area contributed by atoms with Crippen molar-refractivity contribution in [3.8, 4) is 0 Å². The van der Waals surface area contributed by atoms with Crippen molar-refractivity contribution in [1.29, 1.82) is 0 Å². The Morgan fingerprint density at radius 2 is 1.55 bits per heavy atom. The zero-order chi connectivity index (χ0) is 17.6. The summed E-state index contributed by atoms with van der Waals surface area (Å²) in [7, 11) is -5.13. The Labute approximate surface area is 129 Å². The van der Waals surface area contributed by atoms with Crippen LogP contribution in [0.25, 0.3) is 0 Å². The Kier molecular flexibility index (Phi) is 8.10. The van der Waals surface area contributed by atoms with Gasteiger partial charge in [0.15, 0.2) is 13.2 Å². The second-order valence-corrected chi connectivity index (χ2v) is 7.31. The SMILES string of the molecule is C=CCOC(=O)[C@H](Br)P(=O)(OCC(F)(F)F)OCC(F)(F)F. The summed E-state index contributed by atoms with van der Waals surface area (Å²) in [5.74, 6) is -1.42. The van der Waals surface area contributed by atoms with Crippen molar-refractivity contribution in [2.45, 2.75) is 16.9 Å². The van der Waals surface area contributed by atoms with Crippen LogP contribution in [0.1, 0.15) is 0 Å². The molecular formula is C9H10BrF6O5P. The summed E-state index contributed by atoms with van der Waals surface area (Å²) in [6.07, 6.45) is -8.90. The third-order valence-electron chi connectivity index (χ3n) is 1.63. The van der Waals surface area contributed by atoms with Crippen LogP contribution >= 0.6 is 23.5 Å². The van der Waals surface area contributed by atoms with Gasteiger partial charge in [0.25, 0.3) is 0 Å². The number of esters is 1. The van der Waals surface area contributed by atoms with Crippen molar-refractivity contribution in [2.75, 3.05) is 19.8 Å². The molecule has 0 heterocycles. The van der Waals surface area contributed by atoms with E-state index >= 15 is 0 Å². The maximum atomic E-state index is 12.1. The summed E-state index contributed by atoms with van der Waals surface area (Å²) in [6.45, 7) is -1.57. The quantitative estimate of drug-likeness (QED) is 0.196. The molecule has 0 N–H and O–H groups in total. The third kappa shape index (κ3) is 8.76. The summed E-state index contributed by atoms with van der Waals surface area (Å²) in [5, 5.41) is 0. The highest BCUT2D eigenvalue weighted by Gasteiger charge is 2.46. The van der Waals surface area contributed by atoms with Crippen LogP contribution in [0.2, 0.25) is 0 Å². The molecule has 0 fully saturated rings. The Morgan fingerprint density at radius 3 is 1.86 bits per heavy atom. The van der Waals surface area contributed by atoms with E-state index in [9.17, 15) is 35.7 Å². The van der Waals surface area contributed by atoms with Gasteiger partial charge in [0.1, 0.15) is 6.61 Å². The average Bonchev–Trinajstić information content (AvgIpc) is 2.37. The van der Waals surface area contributed by atoms with E-state index in [0.29, 0.717) is 0 Å². The zero-order valence-corrected chi connectivity index (χ0v) is 13.1. The van der Waals surface area contributed by atoms with Gasteiger partial charge in [0.2, 0.25) is 4.57 Å². The number of alkyl halides is 7. The van der Waals surface area contributed by atoms with E-state index in [4.69, 9.17) is 0 Å². The number of carbonyl (C=O) groups is 1. The van der Waals surface area contributed by atoms with Gasteiger partial charge in [-0.2, -0.15) is 26.3 Å². The standard InChI is InChI=1S/C9H10BrF6O5P/c1-2-3-19-7(17)6(10)22(18,20-4-8(11,12)13)21-5-9(14,15)16/h2,6H,1,3-5H2/t6-/m1/s1. The molecule has 0 aromatic carbocycles. The smallest absolute Gasteiger partial charge is 0.412 e. The second-order valence-electron chi connectivity index (χ2n) is 3.57. The zero-order valence-electron chi connectivity index (χ0n) is 10.6. The minimum absolute atomic E-state index is 0.403. The fourth-order valence-electron chi connectivity index (χ4n) is 0.833. The molecule has 0 amide bonds. The topological polar surface area (TPSA) is 61.8 Å². The molecule has 0 aliphatic carbocycles. The molecule has 0 aromatic heterocycles. The highest BCUT2D eigenvalue weighted by molar-refractivity contribution is 9.11. The summed E-state index contributed by atoms with van der Waals surface area (Å²) in [6, 6.07) is 0. The predicted octanol–water partition coefficient (Wildman–Crippen LogP) is 3.79. The number of hydrogen-bond acceptors (Lipinski definition) is 5. The van der Waals surface area contributed by atoms with Crippen LogP contribution < -0.4 is 0 Å². The van der Waals surface area contributed by atoms with Crippen LogP contribution in [0.4, 0.5) is 26.3 Å². The molecule has 1 atom stereocenters. The van der Waals surface area contributed by atoms with Crippen LogP contribution in [-0.4, -0.2) is 42.7 Å². The van der Waals surface area contributed by atoms with Crippen molar-refractivity contribution in [1.82, 2.24) is 0 Å². The Bertz CT molecular complexity index is 415. The number of halogens is 7.